The molecule has 0 saturated carbocycles. The zero-order valence-corrected chi connectivity index (χ0v) is 13.5. The lowest BCUT2D eigenvalue weighted by molar-refractivity contribution is 0.291. The lowest BCUT2D eigenvalue weighted by Gasteiger charge is -2.17. The smallest absolute Gasteiger partial charge is 0.0954 e. The van der Waals surface area contributed by atoms with Gasteiger partial charge in [-0.2, -0.15) is 5.10 Å². The van der Waals surface area contributed by atoms with Crippen molar-refractivity contribution in [2.75, 3.05) is 19.6 Å². The van der Waals surface area contributed by atoms with E-state index in [1.165, 1.54) is 11.1 Å². The van der Waals surface area contributed by atoms with E-state index in [9.17, 15) is 0 Å². The topological polar surface area (TPSA) is 21.1 Å². The van der Waals surface area contributed by atoms with E-state index in [4.69, 9.17) is 5.10 Å². The van der Waals surface area contributed by atoms with Crippen LogP contribution >= 0.6 is 0 Å². The minimum atomic E-state index is 0.996. The second kappa shape index (κ2) is 7.99. The SMILES string of the molecule is CCc1cn(CCCN(CC)CC)nc1-c1ccccc1. The van der Waals surface area contributed by atoms with Crippen LogP contribution in [0.1, 0.15) is 32.8 Å². The maximum atomic E-state index is 4.80. The number of nitrogens with zero attached hydrogens (tertiary/aromatic N) is 3. The zero-order valence-electron chi connectivity index (χ0n) is 13.5. The van der Waals surface area contributed by atoms with Gasteiger partial charge in [-0.1, -0.05) is 51.1 Å². The molecule has 0 aliphatic heterocycles. The highest BCUT2D eigenvalue weighted by atomic mass is 15.3. The standard InChI is InChI=1S/C18H27N3/c1-4-16-15-21(14-10-13-20(5-2)6-3)19-18(16)17-11-8-7-9-12-17/h7-9,11-12,15H,4-6,10,13-14H2,1-3H3. The lowest BCUT2D eigenvalue weighted by Crippen LogP contribution is -2.24. The predicted octanol–water partition coefficient (Wildman–Crippen LogP) is 3.84. The minimum absolute atomic E-state index is 0.996. The van der Waals surface area contributed by atoms with Gasteiger partial charge in [-0.15, -0.1) is 0 Å². The molecule has 2 aromatic rings. The Hall–Kier alpha value is -1.61. The van der Waals surface area contributed by atoms with Crippen molar-refractivity contribution in [3.8, 4) is 11.3 Å². The Morgan fingerprint density at radius 1 is 1.05 bits per heavy atom. The van der Waals surface area contributed by atoms with Gasteiger partial charge in [-0.3, -0.25) is 4.68 Å². The second-order valence-corrected chi connectivity index (χ2v) is 5.37. The highest BCUT2D eigenvalue weighted by molar-refractivity contribution is 5.62. The van der Waals surface area contributed by atoms with Crippen molar-refractivity contribution in [2.45, 2.75) is 40.2 Å². The maximum Gasteiger partial charge on any atom is 0.0954 e. The highest BCUT2D eigenvalue weighted by Gasteiger charge is 2.09. The summed E-state index contributed by atoms with van der Waals surface area (Å²) in [7, 11) is 0. The molecular formula is C18H27N3. The van der Waals surface area contributed by atoms with E-state index >= 15 is 0 Å². The zero-order chi connectivity index (χ0) is 15.1. The molecule has 3 heteroatoms. The summed E-state index contributed by atoms with van der Waals surface area (Å²) in [4.78, 5) is 2.46. The van der Waals surface area contributed by atoms with Crippen LogP contribution in [0.2, 0.25) is 0 Å². The first-order chi connectivity index (χ1) is 10.3. The molecule has 0 radical (unpaired) electrons. The van der Waals surface area contributed by atoms with Crippen LogP contribution in [0.25, 0.3) is 11.3 Å². The largest absolute Gasteiger partial charge is 0.304 e. The van der Waals surface area contributed by atoms with Crippen molar-refractivity contribution in [1.29, 1.82) is 0 Å². The van der Waals surface area contributed by atoms with Gasteiger partial charge in [-0.05, 0) is 38.0 Å². The minimum Gasteiger partial charge on any atom is -0.304 e. The van der Waals surface area contributed by atoms with Crippen LogP contribution < -0.4 is 0 Å². The normalized spacial score (nSPS) is 11.2. The Morgan fingerprint density at radius 2 is 1.76 bits per heavy atom. The third-order valence-corrected chi connectivity index (χ3v) is 4.02. The summed E-state index contributed by atoms with van der Waals surface area (Å²) in [6.45, 7) is 11.0. The van der Waals surface area contributed by atoms with E-state index < -0.39 is 0 Å². The molecule has 21 heavy (non-hydrogen) atoms. The fourth-order valence-electron chi connectivity index (χ4n) is 2.67. The van der Waals surface area contributed by atoms with Crippen LogP contribution in [0.5, 0.6) is 0 Å². The number of hydrogen-bond donors (Lipinski definition) is 0. The van der Waals surface area contributed by atoms with Gasteiger partial charge in [-0.25, -0.2) is 0 Å². The van der Waals surface area contributed by atoms with Crippen LogP contribution in [0.4, 0.5) is 0 Å². The molecule has 0 aliphatic carbocycles. The van der Waals surface area contributed by atoms with Crippen molar-refractivity contribution in [1.82, 2.24) is 14.7 Å². The van der Waals surface area contributed by atoms with Gasteiger partial charge in [0.1, 0.15) is 0 Å². The van der Waals surface area contributed by atoms with Crippen LogP contribution in [0.3, 0.4) is 0 Å². The molecule has 1 heterocycles. The monoisotopic (exact) mass is 285 g/mol. The van der Waals surface area contributed by atoms with E-state index in [1.54, 1.807) is 0 Å². The molecule has 0 fully saturated rings. The fourth-order valence-corrected chi connectivity index (χ4v) is 2.67. The van der Waals surface area contributed by atoms with Gasteiger partial charge in [0.2, 0.25) is 0 Å². The van der Waals surface area contributed by atoms with Crippen LogP contribution in [0.15, 0.2) is 36.5 Å². The Labute approximate surface area is 128 Å². The van der Waals surface area contributed by atoms with Crippen molar-refractivity contribution >= 4 is 0 Å². The van der Waals surface area contributed by atoms with Crippen LogP contribution in [-0.4, -0.2) is 34.3 Å². The Kier molecular flexibility index (Phi) is 6.00. The molecule has 0 amide bonds. The first-order valence-electron chi connectivity index (χ1n) is 8.12. The van der Waals surface area contributed by atoms with Crippen molar-refractivity contribution in [3.05, 3.63) is 42.1 Å². The van der Waals surface area contributed by atoms with Gasteiger partial charge < -0.3 is 4.90 Å². The number of hydrogen-bond acceptors (Lipinski definition) is 2. The molecule has 1 aromatic carbocycles. The van der Waals surface area contributed by atoms with Crippen molar-refractivity contribution in [2.24, 2.45) is 0 Å². The third-order valence-electron chi connectivity index (χ3n) is 4.02. The average Bonchev–Trinajstić information content (AvgIpc) is 2.96. The molecular weight excluding hydrogens is 258 g/mol. The van der Waals surface area contributed by atoms with Crippen LogP contribution in [-0.2, 0) is 13.0 Å². The second-order valence-electron chi connectivity index (χ2n) is 5.37. The summed E-state index contributed by atoms with van der Waals surface area (Å²) in [5.41, 5.74) is 3.70. The first kappa shape index (κ1) is 15.8. The van der Waals surface area contributed by atoms with Gasteiger partial charge in [0, 0.05) is 18.3 Å². The summed E-state index contributed by atoms with van der Waals surface area (Å²) >= 11 is 0. The van der Waals surface area contributed by atoms with E-state index in [1.807, 2.05) is 0 Å². The van der Waals surface area contributed by atoms with E-state index in [-0.39, 0.29) is 0 Å². The summed E-state index contributed by atoms with van der Waals surface area (Å²) in [5, 5.41) is 4.80. The highest BCUT2D eigenvalue weighted by Crippen LogP contribution is 2.22. The molecule has 3 nitrogen and oxygen atoms in total. The Morgan fingerprint density at radius 3 is 2.38 bits per heavy atom. The number of rotatable bonds is 8. The average molecular weight is 285 g/mol. The number of benzene rings is 1. The quantitative estimate of drug-likeness (QED) is 0.734. The summed E-state index contributed by atoms with van der Waals surface area (Å²) in [5.74, 6) is 0. The summed E-state index contributed by atoms with van der Waals surface area (Å²) < 4.78 is 2.12. The molecule has 0 aliphatic rings. The van der Waals surface area contributed by atoms with Crippen LogP contribution in [0, 0.1) is 0 Å². The lowest BCUT2D eigenvalue weighted by atomic mass is 10.1. The number of aromatic nitrogens is 2. The molecule has 0 atom stereocenters. The molecule has 0 bridgehead atoms. The Bertz CT molecular complexity index is 527. The van der Waals surface area contributed by atoms with Crippen molar-refractivity contribution in [3.63, 3.8) is 0 Å². The van der Waals surface area contributed by atoms with Gasteiger partial charge in [0.05, 0.1) is 5.69 Å². The molecule has 0 saturated heterocycles. The molecule has 0 spiro atoms. The molecule has 0 N–H and O–H groups in total. The van der Waals surface area contributed by atoms with Gasteiger partial charge in [0.15, 0.2) is 0 Å². The third kappa shape index (κ3) is 4.18. The maximum absolute atomic E-state index is 4.80. The van der Waals surface area contributed by atoms with E-state index in [0.29, 0.717) is 0 Å². The predicted molar refractivity (Wildman–Crippen MR) is 89.4 cm³/mol. The summed E-state index contributed by atoms with van der Waals surface area (Å²) in [6.07, 6.45) is 4.39. The summed E-state index contributed by atoms with van der Waals surface area (Å²) in [6, 6.07) is 10.5. The Balaban J connectivity index is 2.04. The van der Waals surface area contributed by atoms with Gasteiger partial charge >= 0.3 is 0 Å². The van der Waals surface area contributed by atoms with E-state index in [2.05, 4.69) is 66.9 Å². The van der Waals surface area contributed by atoms with Gasteiger partial charge in [0.25, 0.3) is 0 Å². The molecule has 0 unspecified atom stereocenters. The van der Waals surface area contributed by atoms with E-state index in [0.717, 1.165) is 44.7 Å². The molecule has 1 aromatic heterocycles. The molecule has 114 valence electrons. The van der Waals surface area contributed by atoms with Crippen molar-refractivity contribution < 1.29 is 0 Å². The number of aryl methyl sites for hydroxylation is 2. The fraction of sp³-hybridized carbons (Fsp3) is 0.500. The molecule has 2 rings (SSSR count). The first-order valence-corrected chi connectivity index (χ1v) is 8.12.